The van der Waals surface area contributed by atoms with Crippen molar-refractivity contribution in [3.8, 4) is 0 Å². The number of halogens is 2. The second-order valence-corrected chi connectivity index (χ2v) is 5.76. The Balaban J connectivity index is 2.44. The number of Topliss-reactive ketones (excluding diaryl/α,β-unsaturated/α-hetero) is 1. The summed E-state index contributed by atoms with van der Waals surface area (Å²) in [6.07, 6.45) is 0. The average Bonchev–Trinajstić information content (AvgIpc) is 2.33. The highest BCUT2D eigenvalue weighted by Crippen LogP contribution is 2.33. The first-order chi connectivity index (χ1) is 8.97. The lowest BCUT2D eigenvalue weighted by Crippen LogP contribution is -1.98. The summed E-state index contributed by atoms with van der Waals surface area (Å²) in [6.45, 7) is 3.12. The number of benzene rings is 2. The van der Waals surface area contributed by atoms with Gasteiger partial charge in [-0.15, -0.1) is 0 Å². The van der Waals surface area contributed by atoms with Gasteiger partial charge in [0, 0.05) is 20.4 Å². The SMILES string of the molecule is CC(=O)c1cc(F)c(C)cc1Sc1cccc(Cl)c1. The maximum absolute atomic E-state index is 13.5. The molecule has 0 N–H and O–H groups in total. The molecular formula is C15H12ClFOS. The number of rotatable bonds is 3. The van der Waals surface area contributed by atoms with Crippen molar-refractivity contribution in [3.63, 3.8) is 0 Å². The van der Waals surface area contributed by atoms with Crippen molar-refractivity contribution in [3.05, 3.63) is 58.4 Å². The molecule has 19 heavy (non-hydrogen) atoms. The van der Waals surface area contributed by atoms with Gasteiger partial charge in [-0.25, -0.2) is 4.39 Å². The van der Waals surface area contributed by atoms with E-state index in [9.17, 15) is 9.18 Å². The van der Waals surface area contributed by atoms with E-state index in [1.54, 1.807) is 19.1 Å². The Morgan fingerprint density at radius 1 is 1.26 bits per heavy atom. The van der Waals surface area contributed by atoms with Crippen molar-refractivity contribution >= 4 is 29.1 Å². The van der Waals surface area contributed by atoms with Crippen LogP contribution in [0, 0.1) is 12.7 Å². The molecule has 0 aliphatic heterocycles. The Morgan fingerprint density at radius 2 is 2.00 bits per heavy atom. The van der Waals surface area contributed by atoms with Crippen molar-refractivity contribution in [1.29, 1.82) is 0 Å². The van der Waals surface area contributed by atoms with Crippen LogP contribution in [0.15, 0.2) is 46.2 Å². The van der Waals surface area contributed by atoms with Gasteiger partial charge in [0.15, 0.2) is 5.78 Å². The van der Waals surface area contributed by atoms with Gasteiger partial charge < -0.3 is 0 Å². The smallest absolute Gasteiger partial charge is 0.161 e. The summed E-state index contributed by atoms with van der Waals surface area (Å²) in [5.41, 5.74) is 0.919. The highest BCUT2D eigenvalue weighted by Gasteiger charge is 2.12. The minimum atomic E-state index is -0.361. The van der Waals surface area contributed by atoms with Crippen molar-refractivity contribution in [2.24, 2.45) is 0 Å². The van der Waals surface area contributed by atoms with Gasteiger partial charge in [-0.05, 0) is 49.7 Å². The van der Waals surface area contributed by atoms with Gasteiger partial charge in [-0.1, -0.05) is 29.4 Å². The summed E-state index contributed by atoms with van der Waals surface area (Å²) in [5, 5.41) is 0.633. The molecule has 1 nitrogen and oxygen atoms in total. The molecule has 0 amide bonds. The van der Waals surface area contributed by atoms with Crippen LogP contribution < -0.4 is 0 Å². The monoisotopic (exact) mass is 294 g/mol. The fourth-order valence-corrected chi connectivity index (χ4v) is 3.06. The maximum Gasteiger partial charge on any atom is 0.161 e. The molecule has 0 spiro atoms. The molecule has 0 saturated carbocycles. The van der Waals surface area contributed by atoms with Crippen LogP contribution in [0.3, 0.4) is 0 Å². The summed E-state index contributed by atoms with van der Waals surface area (Å²) >= 11 is 7.34. The number of hydrogen-bond donors (Lipinski definition) is 0. The average molecular weight is 295 g/mol. The summed E-state index contributed by atoms with van der Waals surface area (Å²) in [7, 11) is 0. The molecule has 0 unspecified atom stereocenters. The molecule has 0 radical (unpaired) electrons. The van der Waals surface area contributed by atoms with Crippen molar-refractivity contribution in [2.45, 2.75) is 23.6 Å². The minimum absolute atomic E-state index is 0.150. The second-order valence-electron chi connectivity index (χ2n) is 4.21. The Kier molecular flexibility index (Phi) is 4.27. The topological polar surface area (TPSA) is 17.1 Å². The number of carbonyl (C=O) groups excluding carboxylic acids is 1. The first kappa shape index (κ1) is 14.1. The number of hydrogen-bond acceptors (Lipinski definition) is 2. The predicted octanol–water partition coefficient (Wildman–Crippen LogP) is 5.14. The van der Waals surface area contributed by atoms with Gasteiger partial charge in [-0.3, -0.25) is 4.79 Å². The third-order valence-electron chi connectivity index (χ3n) is 2.66. The van der Waals surface area contributed by atoms with Gasteiger partial charge in [0.05, 0.1) is 0 Å². The predicted molar refractivity (Wildman–Crippen MR) is 76.7 cm³/mol. The molecular weight excluding hydrogens is 283 g/mol. The zero-order valence-electron chi connectivity index (χ0n) is 10.5. The summed E-state index contributed by atoms with van der Waals surface area (Å²) in [6, 6.07) is 10.3. The quantitative estimate of drug-likeness (QED) is 0.729. The molecule has 2 aromatic rings. The van der Waals surface area contributed by atoms with Gasteiger partial charge >= 0.3 is 0 Å². The second kappa shape index (κ2) is 5.76. The Morgan fingerprint density at radius 3 is 2.63 bits per heavy atom. The Labute approximate surface area is 120 Å². The third kappa shape index (κ3) is 3.37. The van der Waals surface area contributed by atoms with Crippen LogP contribution in [-0.2, 0) is 0 Å². The van der Waals surface area contributed by atoms with Gasteiger partial charge in [-0.2, -0.15) is 0 Å². The molecule has 98 valence electrons. The minimum Gasteiger partial charge on any atom is -0.294 e. The molecule has 2 aromatic carbocycles. The van der Waals surface area contributed by atoms with E-state index >= 15 is 0 Å². The summed E-state index contributed by atoms with van der Waals surface area (Å²) in [4.78, 5) is 13.2. The van der Waals surface area contributed by atoms with Crippen LogP contribution in [0.4, 0.5) is 4.39 Å². The van der Waals surface area contributed by atoms with Crippen molar-refractivity contribution in [2.75, 3.05) is 0 Å². The number of carbonyl (C=O) groups is 1. The number of ketones is 1. The molecule has 0 heterocycles. The maximum atomic E-state index is 13.5. The lowest BCUT2D eigenvalue weighted by atomic mass is 10.1. The molecule has 2 rings (SSSR count). The molecule has 0 fully saturated rings. The van der Waals surface area contributed by atoms with Crippen molar-refractivity contribution in [1.82, 2.24) is 0 Å². The van der Waals surface area contributed by atoms with E-state index in [1.165, 1.54) is 24.8 Å². The van der Waals surface area contributed by atoms with E-state index in [0.717, 1.165) is 9.79 Å². The zero-order chi connectivity index (χ0) is 14.0. The lowest BCUT2D eigenvalue weighted by molar-refractivity contribution is 0.101. The van der Waals surface area contributed by atoms with E-state index < -0.39 is 0 Å². The third-order valence-corrected chi connectivity index (χ3v) is 3.95. The van der Waals surface area contributed by atoms with Crippen LogP contribution in [-0.4, -0.2) is 5.78 Å². The van der Waals surface area contributed by atoms with Crippen LogP contribution in [0.1, 0.15) is 22.8 Å². The van der Waals surface area contributed by atoms with Gasteiger partial charge in [0.25, 0.3) is 0 Å². The highest BCUT2D eigenvalue weighted by atomic mass is 35.5. The molecule has 4 heteroatoms. The molecule has 0 atom stereocenters. The molecule has 0 saturated heterocycles. The normalized spacial score (nSPS) is 10.5. The molecule has 0 aliphatic rings. The molecule has 0 aliphatic carbocycles. The Bertz CT molecular complexity index is 640. The standard InChI is InChI=1S/C15H12ClFOS/c1-9-6-15(13(10(2)18)8-14(9)17)19-12-5-3-4-11(16)7-12/h3-8H,1-2H3. The van der Waals surface area contributed by atoms with E-state index in [1.807, 2.05) is 18.2 Å². The highest BCUT2D eigenvalue weighted by molar-refractivity contribution is 7.99. The fraction of sp³-hybridized carbons (Fsp3) is 0.133. The van der Waals surface area contributed by atoms with Gasteiger partial charge in [0.1, 0.15) is 5.82 Å². The zero-order valence-corrected chi connectivity index (χ0v) is 12.1. The van der Waals surface area contributed by atoms with Gasteiger partial charge in [0.2, 0.25) is 0 Å². The van der Waals surface area contributed by atoms with Crippen LogP contribution in [0.2, 0.25) is 5.02 Å². The summed E-state index contributed by atoms with van der Waals surface area (Å²) in [5.74, 6) is -0.510. The molecule has 0 bridgehead atoms. The van der Waals surface area contributed by atoms with E-state index in [0.29, 0.717) is 16.1 Å². The van der Waals surface area contributed by atoms with E-state index in [4.69, 9.17) is 11.6 Å². The van der Waals surface area contributed by atoms with E-state index in [2.05, 4.69) is 0 Å². The Hall–Kier alpha value is -1.32. The largest absolute Gasteiger partial charge is 0.294 e. The summed E-state index contributed by atoms with van der Waals surface area (Å²) < 4.78 is 13.5. The van der Waals surface area contributed by atoms with Crippen LogP contribution in [0.5, 0.6) is 0 Å². The fourth-order valence-electron chi connectivity index (χ4n) is 1.67. The molecule has 0 aromatic heterocycles. The van der Waals surface area contributed by atoms with E-state index in [-0.39, 0.29) is 11.6 Å². The lowest BCUT2D eigenvalue weighted by Gasteiger charge is -2.09. The van der Waals surface area contributed by atoms with Crippen molar-refractivity contribution < 1.29 is 9.18 Å². The van der Waals surface area contributed by atoms with Crippen LogP contribution in [0.25, 0.3) is 0 Å². The first-order valence-corrected chi connectivity index (χ1v) is 6.91. The number of aryl methyl sites for hydroxylation is 1. The first-order valence-electron chi connectivity index (χ1n) is 5.72. The van der Waals surface area contributed by atoms with Crippen LogP contribution >= 0.6 is 23.4 Å².